The number of carbonyl (C=O) groups is 2. The van der Waals surface area contributed by atoms with Crippen LogP contribution >= 0.6 is 0 Å². The molecule has 2 aromatic rings. The summed E-state index contributed by atoms with van der Waals surface area (Å²) in [6, 6.07) is 13.1. The highest BCUT2D eigenvalue weighted by Crippen LogP contribution is 2.09. The molecule has 1 saturated heterocycles. The molecule has 2 heterocycles. The average molecular weight is 352 g/mol. The molecule has 1 aliphatic heterocycles. The Kier molecular flexibility index (Phi) is 5.96. The molecule has 0 spiro atoms. The van der Waals surface area contributed by atoms with Crippen LogP contribution in [0.5, 0.6) is 0 Å². The van der Waals surface area contributed by atoms with Crippen molar-refractivity contribution >= 4 is 11.8 Å². The molecule has 6 nitrogen and oxygen atoms in total. The predicted octanol–water partition coefficient (Wildman–Crippen LogP) is 1.54. The van der Waals surface area contributed by atoms with Gasteiger partial charge in [-0.15, -0.1) is 0 Å². The molecule has 1 aromatic heterocycles. The summed E-state index contributed by atoms with van der Waals surface area (Å²) in [5.74, 6) is -0.289. The highest BCUT2D eigenvalue weighted by Gasteiger charge is 2.26. The molecule has 1 fully saturated rings. The van der Waals surface area contributed by atoms with Gasteiger partial charge in [-0.25, -0.2) is 0 Å². The first-order valence-electron chi connectivity index (χ1n) is 8.89. The Morgan fingerprint density at radius 1 is 1.04 bits per heavy atom. The Morgan fingerprint density at radius 3 is 2.35 bits per heavy atom. The van der Waals surface area contributed by atoms with Crippen molar-refractivity contribution in [2.24, 2.45) is 0 Å². The number of aromatic nitrogens is 1. The number of hydrogen-bond donors (Lipinski definition) is 1. The average Bonchev–Trinajstić information content (AvgIpc) is 2.69. The lowest BCUT2D eigenvalue weighted by atomic mass is 10.2. The van der Waals surface area contributed by atoms with Crippen LogP contribution in [-0.4, -0.2) is 58.8 Å². The Bertz CT molecular complexity index is 728. The Labute approximate surface area is 153 Å². The molecule has 26 heavy (non-hydrogen) atoms. The minimum absolute atomic E-state index is 0.0354. The quantitative estimate of drug-likeness (QED) is 0.887. The first-order valence-corrected chi connectivity index (χ1v) is 8.89. The van der Waals surface area contributed by atoms with E-state index in [9.17, 15) is 9.59 Å². The molecule has 1 N–H and O–H groups in total. The van der Waals surface area contributed by atoms with E-state index < -0.39 is 6.04 Å². The molecule has 0 bridgehead atoms. The van der Waals surface area contributed by atoms with E-state index in [2.05, 4.69) is 27.3 Å². The SMILES string of the molecule is C[C@H](NC(=O)c1ccncc1)C(=O)N1CCN(Cc2ccccc2)CC1. The molecule has 3 rings (SSSR count). The van der Waals surface area contributed by atoms with Gasteiger partial charge in [0.1, 0.15) is 6.04 Å². The van der Waals surface area contributed by atoms with Crippen LogP contribution in [0.4, 0.5) is 0 Å². The number of piperazine rings is 1. The van der Waals surface area contributed by atoms with E-state index in [1.807, 2.05) is 23.1 Å². The second kappa shape index (κ2) is 8.58. The third-order valence-corrected chi connectivity index (χ3v) is 4.59. The van der Waals surface area contributed by atoms with Crippen molar-refractivity contribution in [2.45, 2.75) is 19.5 Å². The second-order valence-electron chi connectivity index (χ2n) is 6.52. The van der Waals surface area contributed by atoms with Crippen molar-refractivity contribution in [3.63, 3.8) is 0 Å². The number of amides is 2. The molecule has 0 aliphatic carbocycles. The van der Waals surface area contributed by atoms with E-state index in [0.29, 0.717) is 18.7 Å². The van der Waals surface area contributed by atoms with Crippen LogP contribution < -0.4 is 5.32 Å². The van der Waals surface area contributed by atoms with Gasteiger partial charge in [0.2, 0.25) is 5.91 Å². The number of nitrogens with one attached hydrogen (secondary N) is 1. The number of benzene rings is 1. The second-order valence-corrected chi connectivity index (χ2v) is 6.52. The minimum Gasteiger partial charge on any atom is -0.341 e. The molecule has 1 aromatic carbocycles. The van der Waals surface area contributed by atoms with Gasteiger partial charge in [-0.2, -0.15) is 0 Å². The Balaban J connectivity index is 1.47. The van der Waals surface area contributed by atoms with Crippen LogP contribution in [0.2, 0.25) is 0 Å². The van der Waals surface area contributed by atoms with E-state index in [1.54, 1.807) is 31.5 Å². The van der Waals surface area contributed by atoms with Crippen molar-refractivity contribution in [1.82, 2.24) is 20.1 Å². The number of pyridine rings is 1. The fourth-order valence-corrected chi connectivity index (χ4v) is 3.09. The molecule has 136 valence electrons. The summed E-state index contributed by atoms with van der Waals surface area (Å²) in [7, 11) is 0. The van der Waals surface area contributed by atoms with E-state index in [4.69, 9.17) is 0 Å². The van der Waals surface area contributed by atoms with Gasteiger partial charge in [0, 0.05) is 50.7 Å². The van der Waals surface area contributed by atoms with Gasteiger partial charge < -0.3 is 10.2 Å². The van der Waals surface area contributed by atoms with Crippen LogP contribution in [0.1, 0.15) is 22.8 Å². The maximum absolute atomic E-state index is 12.6. The summed E-state index contributed by atoms with van der Waals surface area (Å²) in [4.78, 5) is 32.9. The third-order valence-electron chi connectivity index (χ3n) is 4.59. The minimum atomic E-state index is -0.545. The highest BCUT2D eigenvalue weighted by atomic mass is 16.2. The lowest BCUT2D eigenvalue weighted by Gasteiger charge is -2.36. The number of rotatable bonds is 5. The third kappa shape index (κ3) is 4.67. The van der Waals surface area contributed by atoms with Crippen LogP contribution in [0, 0.1) is 0 Å². The van der Waals surface area contributed by atoms with Crippen LogP contribution in [0.3, 0.4) is 0 Å². The number of nitrogens with zero attached hydrogens (tertiary/aromatic N) is 3. The first-order chi connectivity index (χ1) is 12.6. The Hall–Kier alpha value is -2.73. The topological polar surface area (TPSA) is 65.5 Å². The number of hydrogen-bond acceptors (Lipinski definition) is 4. The highest BCUT2D eigenvalue weighted by molar-refractivity contribution is 5.97. The maximum Gasteiger partial charge on any atom is 0.252 e. The standard InChI is InChI=1S/C20H24N4O2/c1-16(22-19(25)18-7-9-21-10-8-18)20(26)24-13-11-23(12-14-24)15-17-5-3-2-4-6-17/h2-10,16H,11-15H2,1H3,(H,22,25)/t16-/m0/s1. The zero-order valence-corrected chi connectivity index (χ0v) is 15.0. The first kappa shape index (κ1) is 18.1. The lowest BCUT2D eigenvalue weighted by Crippen LogP contribution is -2.53. The fraction of sp³-hybridized carbons (Fsp3) is 0.350. The van der Waals surface area contributed by atoms with Crippen LogP contribution in [0.15, 0.2) is 54.9 Å². The predicted molar refractivity (Wildman–Crippen MR) is 99.5 cm³/mol. The Morgan fingerprint density at radius 2 is 1.69 bits per heavy atom. The molecule has 0 saturated carbocycles. The van der Waals surface area contributed by atoms with Gasteiger partial charge in [-0.3, -0.25) is 19.5 Å². The van der Waals surface area contributed by atoms with Gasteiger partial charge >= 0.3 is 0 Å². The number of carbonyl (C=O) groups excluding carboxylic acids is 2. The van der Waals surface area contributed by atoms with Gasteiger partial charge in [0.15, 0.2) is 0 Å². The molecule has 0 unspecified atom stereocenters. The van der Waals surface area contributed by atoms with Crippen molar-refractivity contribution in [3.05, 3.63) is 66.0 Å². The summed E-state index contributed by atoms with van der Waals surface area (Å²) in [6.45, 7) is 5.68. The largest absolute Gasteiger partial charge is 0.341 e. The summed E-state index contributed by atoms with van der Waals surface area (Å²) in [5, 5.41) is 2.77. The molecular weight excluding hydrogens is 328 g/mol. The maximum atomic E-state index is 12.6. The monoisotopic (exact) mass is 352 g/mol. The normalized spacial score (nSPS) is 16.1. The summed E-state index contributed by atoms with van der Waals surface area (Å²) >= 11 is 0. The molecule has 1 aliphatic rings. The van der Waals surface area contributed by atoms with Crippen molar-refractivity contribution < 1.29 is 9.59 Å². The summed E-state index contributed by atoms with van der Waals surface area (Å²) < 4.78 is 0. The molecule has 6 heteroatoms. The zero-order valence-electron chi connectivity index (χ0n) is 15.0. The van der Waals surface area contributed by atoms with Crippen molar-refractivity contribution in [3.8, 4) is 0 Å². The zero-order chi connectivity index (χ0) is 18.4. The van der Waals surface area contributed by atoms with Crippen molar-refractivity contribution in [2.75, 3.05) is 26.2 Å². The summed E-state index contributed by atoms with van der Waals surface area (Å²) in [6.07, 6.45) is 3.13. The molecule has 1 atom stereocenters. The smallest absolute Gasteiger partial charge is 0.252 e. The summed E-state index contributed by atoms with van der Waals surface area (Å²) in [5.41, 5.74) is 1.79. The van der Waals surface area contributed by atoms with E-state index in [0.717, 1.165) is 19.6 Å². The van der Waals surface area contributed by atoms with Gasteiger partial charge in [-0.05, 0) is 24.6 Å². The molecule has 2 amide bonds. The van der Waals surface area contributed by atoms with Gasteiger partial charge in [-0.1, -0.05) is 30.3 Å². The van der Waals surface area contributed by atoms with Crippen LogP contribution in [0.25, 0.3) is 0 Å². The molecule has 0 radical (unpaired) electrons. The lowest BCUT2D eigenvalue weighted by molar-refractivity contribution is -0.134. The van der Waals surface area contributed by atoms with Crippen molar-refractivity contribution in [1.29, 1.82) is 0 Å². The van der Waals surface area contributed by atoms with Gasteiger partial charge in [0.25, 0.3) is 5.91 Å². The molecular formula is C20H24N4O2. The van der Waals surface area contributed by atoms with Gasteiger partial charge in [0.05, 0.1) is 0 Å². The fourth-order valence-electron chi connectivity index (χ4n) is 3.09. The van der Waals surface area contributed by atoms with E-state index in [-0.39, 0.29) is 11.8 Å². The van der Waals surface area contributed by atoms with E-state index in [1.165, 1.54) is 5.56 Å². The van der Waals surface area contributed by atoms with E-state index >= 15 is 0 Å². The van der Waals surface area contributed by atoms with Crippen LogP contribution in [-0.2, 0) is 11.3 Å².